The van der Waals surface area contributed by atoms with Crippen LogP contribution in [0.1, 0.15) is 10.6 Å². The van der Waals surface area contributed by atoms with Crippen LogP contribution in [0.4, 0.5) is 8.78 Å². The highest BCUT2D eigenvalue weighted by Crippen LogP contribution is 2.18. The predicted octanol–water partition coefficient (Wildman–Crippen LogP) is 1.84. The fraction of sp³-hybridized carbons (Fsp3) is 0.0909. The molecule has 2 heterocycles. The molecule has 2 aromatic rings. The highest BCUT2D eigenvalue weighted by molar-refractivity contribution is 5.83. The quantitative estimate of drug-likeness (QED) is 0.909. The van der Waals surface area contributed by atoms with E-state index in [0.717, 1.165) is 0 Å². The maximum atomic E-state index is 11.9. The Morgan fingerprint density at radius 3 is 2.63 bits per heavy atom. The molecular weight excluding hydrogens is 260 g/mol. The number of carbonyl (C=O) groups is 1. The summed E-state index contributed by atoms with van der Waals surface area (Å²) < 4.78 is 28.0. The highest BCUT2D eigenvalue weighted by atomic mass is 19.3. The molecule has 6 nitrogen and oxygen atoms in total. The van der Waals surface area contributed by atoms with Crippen LogP contribution in [0.25, 0.3) is 11.3 Å². The summed E-state index contributed by atoms with van der Waals surface area (Å²) in [6, 6.07) is 4.17. The molecular formula is C11H7F2N3O3. The summed E-state index contributed by atoms with van der Waals surface area (Å²) in [5, 5.41) is 8.76. The maximum absolute atomic E-state index is 11.9. The summed E-state index contributed by atoms with van der Waals surface area (Å²) in [7, 11) is 0. The van der Waals surface area contributed by atoms with Gasteiger partial charge in [-0.25, -0.2) is 19.7 Å². The molecule has 0 spiro atoms. The van der Waals surface area contributed by atoms with E-state index in [0.29, 0.717) is 11.3 Å². The smallest absolute Gasteiger partial charge is 0.388 e. The van der Waals surface area contributed by atoms with Crippen LogP contribution in [-0.4, -0.2) is 32.6 Å². The van der Waals surface area contributed by atoms with Crippen molar-refractivity contribution in [3.63, 3.8) is 0 Å². The lowest BCUT2D eigenvalue weighted by Gasteiger charge is -2.04. The first-order valence-corrected chi connectivity index (χ1v) is 5.04. The second kappa shape index (κ2) is 5.34. The Kier molecular flexibility index (Phi) is 3.60. The normalized spacial score (nSPS) is 10.5. The van der Waals surface area contributed by atoms with Crippen molar-refractivity contribution in [2.45, 2.75) is 6.61 Å². The number of aromatic nitrogens is 3. The monoisotopic (exact) mass is 267 g/mol. The van der Waals surface area contributed by atoms with E-state index in [-0.39, 0.29) is 11.7 Å². The Morgan fingerprint density at radius 1 is 1.26 bits per heavy atom. The minimum atomic E-state index is -2.95. The van der Waals surface area contributed by atoms with Gasteiger partial charge < -0.3 is 9.84 Å². The summed E-state index contributed by atoms with van der Waals surface area (Å²) in [6.45, 7) is -2.95. The first kappa shape index (κ1) is 12.8. The van der Waals surface area contributed by atoms with Crippen LogP contribution in [-0.2, 0) is 0 Å². The van der Waals surface area contributed by atoms with Gasteiger partial charge in [-0.1, -0.05) is 0 Å². The number of pyridine rings is 1. The van der Waals surface area contributed by atoms with Crippen LogP contribution in [0, 0.1) is 0 Å². The van der Waals surface area contributed by atoms with E-state index in [1.807, 2.05) is 0 Å². The topological polar surface area (TPSA) is 85.2 Å². The van der Waals surface area contributed by atoms with Crippen LogP contribution in [0.2, 0.25) is 0 Å². The fourth-order valence-electron chi connectivity index (χ4n) is 1.32. The largest absolute Gasteiger partial charge is 0.475 e. The molecule has 8 heteroatoms. The minimum Gasteiger partial charge on any atom is -0.475 e. The number of alkyl halides is 2. The molecule has 0 unspecified atom stereocenters. The number of rotatable bonds is 4. The number of carboxylic acids is 1. The van der Waals surface area contributed by atoms with Crippen LogP contribution in [0.5, 0.6) is 5.88 Å². The van der Waals surface area contributed by atoms with E-state index in [2.05, 4.69) is 19.7 Å². The molecule has 0 radical (unpaired) electrons. The number of hydrogen-bond acceptors (Lipinski definition) is 5. The van der Waals surface area contributed by atoms with Gasteiger partial charge in [0.1, 0.15) is 0 Å². The summed E-state index contributed by atoms with van der Waals surface area (Å²) in [6.07, 6.45) is 2.54. The molecule has 0 aliphatic carbocycles. The van der Waals surface area contributed by atoms with Crippen molar-refractivity contribution in [3.8, 4) is 17.1 Å². The zero-order valence-electron chi connectivity index (χ0n) is 9.33. The molecule has 0 saturated carbocycles. The Bertz CT molecular complexity index is 590. The standard InChI is InChI=1S/C11H7F2N3O3/c12-11(13)19-8-2-1-6(5-15-8)7-3-4-14-9(16-7)10(17)18/h1-5,11H,(H,17,18). The zero-order valence-corrected chi connectivity index (χ0v) is 9.33. The lowest BCUT2D eigenvalue weighted by Crippen LogP contribution is -2.05. The molecule has 98 valence electrons. The van der Waals surface area contributed by atoms with Crippen LogP contribution in [0.3, 0.4) is 0 Å². The lowest BCUT2D eigenvalue weighted by molar-refractivity contribution is -0.0528. The fourth-order valence-corrected chi connectivity index (χ4v) is 1.32. The van der Waals surface area contributed by atoms with Gasteiger partial charge >= 0.3 is 12.6 Å². The SMILES string of the molecule is O=C(O)c1nccc(-c2ccc(OC(F)F)nc2)n1. The molecule has 2 rings (SSSR count). The number of carboxylic acid groups (broad SMARTS) is 1. The highest BCUT2D eigenvalue weighted by Gasteiger charge is 2.10. The van der Waals surface area contributed by atoms with Gasteiger partial charge in [0.25, 0.3) is 0 Å². The van der Waals surface area contributed by atoms with Crippen molar-refractivity contribution in [1.82, 2.24) is 15.0 Å². The van der Waals surface area contributed by atoms with Crippen molar-refractivity contribution in [1.29, 1.82) is 0 Å². The Labute approximate surface area is 105 Å². The van der Waals surface area contributed by atoms with E-state index in [1.165, 1.54) is 30.6 Å². The first-order chi connectivity index (χ1) is 9.06. The van der Waals surface area contributed by atoms with Crippen molar-refractivity contribution in [2.24, 2.45) is 0 Å². The number of halogens is 2. The predicted molar refractivity (Wildman–Crippen MR) is 58.9 cm³/mol. The van der Waals surface area contributed by atoms with Gasteiger partial charge in [-0.15, -0.1) is 0 Å². The van der Waals surface area contributed by atoms with Gasteiger partial charge in [-0.2, -0.15) is 8.78 Å². The summed E-state index contributed by atoms with van der Waals surface area (Å²) in [5.41, 5.74) is 0.787. The Balaban J connectivity index is 2.27. The molecule has 0 aliphatic rings. The van der Waals surface area contributed by atoms with Crippen LogP contribution < -0.4 is 4.74 Å². The number of hydrogen-bond donors (Lipinski definition) is 1. The van der Waals surface area contributed by atoms with Gasteiger partial charge in [0.05, 0.1) is 5.69 Å². The van der Waals surface area contributed by atoms with Gasteiger partial charge in [0.2, 0.25) is 11.7 Å². The number of aromatic carboxylic acids is 1. The van der Waals surface area contributed by atoms with Crippen molar-refractivity contribution in [3.05, 3.63) is 36.4 Å². The molecule has 1 N–H and O–H groups in total. The third-order valence-corrected chi connectivity index (χ3v) is 2.09. The average molecular weight is 267 g/mol. The number of nitrogens with zero attached hydrogens (tertiary/aromatic N) is 3. The zero-order chi connectivity index (χ0) is 13.8. The van der Waals surface area contributed by atoms with Crippen LogP contribution >= 0.6 is 0 Å². The third-order valence-electron chi connectivity index (χ3n) is 2.09. The Morgan fingerprint density at radius 2 is 2.05 bits per heavy atom. The van der Waals surface area contributed by atoms with Gasteiger partial charge in [0, 0.05) is 24.0 Å². The lowest BCUT2D eigenvalue weighted by atomic mass is 10.2. The van der Waals surface area contributed by atoms with Crippen LogP contribution in [0.15, 0.2) is 30.6 Å². The molecule has 0 bridgehead atoms. The summed E-state index contributed by atoms with van der Waals surface area (Å²) >= 11 is 0. The van der Waals surface area contributed by atoms with E-state index in [4.69, 9.17) is 5.11 Å². The second-order valence-electron chi connectivity index (χ2n) is 3.33. The maximum Gasteiger partial charge on any atom is 0.388 e. The first-order valence-electron chi connectivity index (χ1n) is 5.04. The Hall–Kier alpha value is -2.64. The second-order valence-corrected chi connectivity index (χ2v) is 3.33. The van der Waals surface area contributed by atoms with E-state index >= 15 is 0 Å². The van der Waals surface area contributed by atoms with Gasteiger partial charge in [-0.3, -0.25) is 0 Å². The molecule has 0 aromatic carbocycles. The van der Waals surface area contributed by atoms with Gasteiger partial charge in [0.15, 0.2) is 0 Å². The minimum absolute atomic E-state index is 0.230. The average Bonchev–Trinajstić information content (AvgIpc) is 2.39. The molecule has 0 saturated heterocycles. The van der Waals surface area contributed by atoms with E-state index in [1.54, 1.807) is 0 Å². The van der Waals surface area contributed by atoms with E-state index in [9.17, 15) is 13.6 Å². The summed E-state index contributed by atoms with van der Waals surface area (Å²) in [5.74, 6) is -1.84. The molecule has 0 aliphatic heterocycles. The number of ether oxygens (including phenoxy) is 1. The van der Waals surface area contributed by atoms with E-state index < -0.39 is 12.6 Å². The molecule has 0 fully saturated rings. The van der Waals surface area contributed by atoms with Crippen molar-refractivity contribution < 1.29 is 23.4 Å². The molecule has 0 atom stereocenters. The van der Waals surface area contributed by atoms with Crippen molar-refractivity contribution in [2.75, 3.05) is 0 Å². The molecule has 19 heavy (non-hydrogen) atoms. The van der Waals surface area contributed by atoms with Gasteiger partial charge in [-0.05, 0) is 12.1 Å². The summed E-state index contributed by atoms with van der Waals surface area (Å²) in [4.78, 5) is 21.7. The molecule has 0 amide bonds. The van der Waals surface area contributed by atoms with Crippen molar-refractivity contribution >= 4 is 5.97 Å². The third kappa shape index (κ3) is 3.18. The molecule has 2 aromatic heterocycles.